The lowest BCUT2D eigenvalue weighted by atomic mass is 9.90. The molecule has 4 unspecified atom stereocenters. The lowest BCUT2D eigenvalue weighted by Crippen LogP contribution is -2.46. The average molecular weight is 282 g/mol. The third-order valence-electron chi connectivity index (χ3n) is 6.35. The highest BCUT2D eigenvalue weighted by molar-refractivity contribution is 6.17. The van der Waals surface area contributed by atoms with Crippen molar-refractivity contribution in [2.75, 3.05) is 12.4 Å². The molecule has 2 bridgehead atoms. The van der Waals surface area contributed by atoms with E-state index in [0.717, 1.165) is 36.6 Å². The first-order valence-electron chi connectivity index (χ1n) is 8.17. The fourth-order valence-electron chi connectivity index (χ4n) is 5.25. The highest BCUT2D eigenvalue weighted by atomic mass is 35.5. The van der Waals surface area contributed by atoms with Crippen LogP contribution in [0.3, 0.4) is 0 Å². The molecule has 0 spiro atoms. The fourth-order valence-corrected chi connectivity index (χ4v) is 5.37. The third-order valence-corrected chi connectivity index (χ3v) is 6.62. The van der Waals surface area contributed by atoms with Crippen LogP contribution in [0.25, 0.3) is 0 Å². The molecule has 3 heteroatoms. The predicted octanol–water partition coefficient (Wildman–Crippen LogP) is 3.29. The lowest BCUT2D eigenvalue weighted by molar-refractivity contribution is -0.137. The number of carbonyl (C=O) groups is 1. The van der Waals surface area contributed by atoms with E-state index in [4.69, 9.17) is 11.6 Å². The molecular formula is C16H24ClNO. The average Bonchev–Trinajstić information content (AvgIpc) is 2.79. The molecule has 0 aromatic rings. The molecule has 4 saturated carbocycles. The number of hydrogen-bond donors (Lipinski definition) is 0. The largest absolute Gasteiger partial charge is 0.339 e. The second-order valence-electron chi connectivity index (χ2n) is 7.17. The Balaban J connectivity index is 1.43. The summed E-state index contributed by atoms with van der Waals surface area (Å²) in [6.45, 7) is 0.901. The van der Waals surface area contributed by atoms with Crippen LogP contribution in [0.15, 0.2) is 0 Å². The lowest BCUT2D eigenvalue weighted by Gasteiger charge is -2.38. The van der Waals surface area contributed by atoms with E-state index in [1.165, 1.54) is 38.5 Å². The monoisotopic (exact) mass is 281 g/mol. The maximum atomic E-state index is 12.9. The van der Waals surface area contributed by atoms with Crippen LogP contribution in [0.1, 0.15) is 44.9 Å². The van der Waals surface area contributed by atoms with E-state index in [1.807, 2.05) is 0 Å². The summed E-state index contributed by atoms with van der Waals surface area (Å²) in [5, 5.41) is 0. The molecule has 0 aromatic heterocycles. The summed E-state index contributed by atoms with van der Waals surface area (Å²) in [7, 11) is 0. The summed E-state index contributed by atoms with van der Waals surface area (Å²) in [4.78, 5) is 15.1. The summed E-state index contributed by atoms with van der Waals surface area (Å²) in [6.07, 6.45) is 8.95. The van der Waals surface area contributed by atoms with Crippen LogP contribution in [0, 0.1) is 29.6 Å². The Morgan fingerprint density at radius 2 is 1.79 bits per heavy atom. The van der Waals surface area contributed by atoms with E-state index < -0.39 is 0 Å². The molecule has 0 heterocycles. The molecular weight excluding hydrogens is 258 g/mol. The van der Waals surface area contributed by atoms with Gasteiger partial charge in [0.2, 0.25) is 5.91 Å². The number of amides is 1. The third kappa shape index (κ3) is 1.86. The second-order valence-corrected chi connectivity index (χ2v) is 7.55. The molecule has 0 saturated heterocycles. The molecule has 0 aromatic carbocycles. The van der Waals surface area contributed by atoms with Crippen LogP contribution in [0.4, 0.5) is 0 Å². The normalized spacial score (nSPS) is 42.9. The molecule has 2 nitrogen and oxygen atoms in total. The van der Waals surface area contributed by atoms with Gasteiger partial charge < -0.3 is 4.90 Å². The Hall–Kier alpha value is -0.240. The summed E-state index contributed by atoms with van der Waals surface area (Å²) in [5.41, 5.74) is 0. The minimum Gasteiger partial charge on any atom is -0.339 e. The van der Waals surface area contributed by atoms with Crippen molar-refractivity contribution in [2.45, 2.75) is 51.0 Å². The molecule has 19 heavy (non-hydrogen) atoms. The minimum absolute atomic E-state index is 0.419. The molecule has 4 fully saturated rings. The minimum atomic E-state index is 0.419. The van der Waals surface area contributed by atoms with Crippen molar-refractivity contribution in [3.05, 3.63) is 0 Å². The number of hydrogen-bond acceptors (Lipinski definition) is 1. The smallest absolute Gasteiger partial charge is 0.226 e. The van der Waals surface area contributed by atoms with Crippen molar-refractivity contribution in [2.24, 2.45) is 29.6 Å². The van der Waals surface area contributed by atoms with Crippen molar-refractivity contribution in [3.8, 4) is 0 Å². The Morgan fingerprint density at radius 1 is 1.11 bits per heavy atom. The van der Waals surface area contributed by atoms with Crippen LogP contribution in [0.5, 0.6) is 0 Å². The van der Waals surface area contributed by atoms with E-state index in [0.29, 0.717) is 23.7 Å². The van der Waals surface area contributed by atoms with Crippen LogP contribution in [0.2, 0.25) is 0 Å². The standard InChI is InChI=1S/C16H24ClNO/c17-7-2-8-18(12-3-1-4-12)16(19)15-13-10-5-6-11(9-10)14(13)15/h10-15H,1-9H2. The molecule has 4 aliphatic rings. The van der Waals surface area contributed by atoms with Gasteiger partial charge in [0.05, 0.1) is 0 Å². The van der Waals surface area contributed by atoms with Crippen molar-refractivity contribution in [3.63, 3.8) is 0 Å². The predicted molar refractivity (Wildman–Crippen MR) is 76.0 cm³/mol. The first kappa shape index (κ1) is 12.5. The van der Waals surface area contributed by atoms with E-state index in [2.05, 4.69) is 4.90 Å². The van der Waals surface area contributed by atoms with Crippen LogP contribution in [-0.2, 0) is 4.79 Å². The number of halogens is 1. The maximum absolute atomic E-state index is 12.9. The zero-order valence-electron chi connectivity index (χ0n) is 11.6. The molecule has 4 atom stereocenters. The number of carbonyl (C=O) groups excluding carboxylic acids is 1. The van der Waals surface area contributed by atoms with Gasteiger partial charge in [-0.1, -0.05) is 0 Å². The fraction of sp³-hybridized carbons (Fsp3) is 0.938. The van der Waals surface area contributed by atoms with Crippen molar-refractivity contribution < 1.29 is 4.79 Å². The first-order chi connectivity index (χ1) is 9.31. The topological polar surface area (TPSA) is 20.3 Å². The van der Waals surface area contributed by atoms with Gasteiger partial charge in [-0.05, 0) is 68.6 Å². The Kier molecular flexibility index (Phi) is 3.06. The number of rotatable bonds is 5. The van der Waals surface area contributed by atoms with Gasteiger partial charge in [0.1, 0.15) is 0 Å². The van der Waals surface area contributed by atoms with E-state index in [-0.39, 0.29) is 0 Å². The number of alkyl halides is 1. The van der Waals surface area contributed by atoms with Crippen LogP contribution >= 0.6 is 11.6 Å². The van der Waals surface area contributed by atoms with Gasteiger partial charge in [-0.15, -0.1) is 11.6 Å². The molecule has 0 aliphatic heterocycles. The zero-order chi connectivity index (χ0) is 13.0. The Bertz CT molecular complexity index is 365. The summed E-state index contributed by atoms with van der Waals surface area (Å²) in [5.74, 6) is 4.97. The van der Waals surface area contributed by atoms with Crippen LogP contribution in [-0.4, -0.2) is 29.3 Å². The molecule has 0 N–H and O–H groups in total. The highest BCUT2D eigenvalue weighted by Crippen LogP contribution is 2.69. The summed E-state index contributed by atoms with van der Waals surface area (Å²) in [6, 6.07) is 0.551. The van der Waals surface area contributed by atoms with Crippen LogP contribution < -0.4 is 0 Å². The zero-order valence-corrected chi connectivity index (χ0v) is 12.3. The SMILES string of the molecule is O=C(C1C2C3CCC(C3)C12)N(CCCCl)C1CCC1. The molecule has 1 amide bonds. The number of fused-ring (bicyclic) bond motifs is 5. The quantitative estimate of drug-likeness (QED) is 0.708. The first-order valence-corrected chi connectivity index (χ1v) is 8.71. The number of nitrogens with zero attached hydrogens (tertiary/aromatic N) is 1. The maximum Gasteiger partial charge on any atom is 0.226 e. The summed E-state index contributed by atoms with van der Waals surface area (Å²) < 4.78 is 0. The second kappa shape index (κ2) is 4.65. The van der Waals surface area contributed by atoms with Crippen molar-refractivity contribution in [1.82, 2.24) is 4.90 Å². The van der Waals surface area contributed by atoms with E-state index >= 15 is 0 Å². The van der Waals surface area contributed by atoms with Gasteiger partial charge in [-0.2, -0.15) is 0 Å². The van der Waals surface area contributed by atoms with E-state index in [9.17, 15) is 4.79 Å². The molecule has 4 rings (SSSR count). The molecule has 4 aliphatic carbocycles. The molecule has 0 radical (unpaired) electrons. The summed E-state index contributed by atoms with van der Waals surface area (Å²) >= 11 is 5.83. The van der Waals surface area contributed by atoms with Gasteiger partial charge in [0, 0.05) is 24.4 Å². The van der Waals surface area contributed by atoms with Crippen molar-refractivity contribution in [1.29, 1.82) is 0 Å². The Morgan fingerprint density at radius 3 is 2.32 bits per heavy atom. The molecule has 106 valence electrons. The van der Waals surface area contributed by atoms with Gasteiger partial charge in [-0.3, -0.25) is 4.79 Å². The Labute approximate surface area is 120 Å². The van der Waals surface area contributed by atoms with Gasteiger partial charge in [0.25, 0.3) is 0 Å². The highest BCUT2D eigenvalue weighted by Gasteiger charge is 2.68. The van der Waals surface area contributed by atoms with Gasteiger partial charge >= 0.3 is 0 Å². The van der Waals surface area contributed by atoms with E-state index in [1.54, 1.807) is 0 Å². The van der Waals surface area contributed by atoms with Gasteiger partial charge in [0.15, 0.2) is 0 Å². The van der Waals surface area contributed by atoms with Crippen molar-refractivity contribution >= 4 is 17.5 Å². The van der Waals surface area contributed by atoms with Gasteiger partial charge in [-0.25, -0.2) is 0 Å².